The first-order chi connectivity index (χ1) is 7.20. The summed E-state index contributed by atoms with van der Waals surface area (Å²) < 4.78 is 3.60. The molecule has 0 aliphatic carbocycles. The van der Waals surface area contributed by atoms with E-state index >= 15 is 0 Å². The summed E-state index contributed by atoms with van der Waals surface area (Å²) >= 11 is 6.79. The number of nitrogens with zero attached hydrogens (tertiary/aromatic N) is 2. The number of aromatic nitrogens is 2. The first-order valence-corrected chi connectivity index (χ1v) is 5.89. The third kappa shape index (κ3) is 2.30. The largest absolute Gasteiger partial charge is 0.392 e. The lowest BCUT2D eigenvalue weighted by Gasteiger charge is -2.05. The summed E-state index contributed by atoms with van der Waals surface area (Å²) in [6.07, 6.45) is 3.60. The molecular formula is C10H8Br2N2O. The molecule has 0 saturated heterocycles. The quantitative estimate of drug-likeness (QED) is 0.918. The Morgan fingerprint density at radius 2 is 2.13 bits per heavy atom. The molecule has 1 aromatic carbocycles. The summed E-state index contributed by atoms with van der Waals surface area (Å²) in [6, 6.07) is 5.66. The molecule has 0 bridgehead atoms. The summed E-state index contributed by atoms with van der Waals surface area (Å²) in [4.78, 5) is 0. The van der Waals surface area contributed by atoms with Crippen LogP contribution in [0.4, 0.5) is 0 Å². The lowest BCUT2D eigenvalue weighted by molar-refractivity contribution is 0.282. The van der Waals surface area contributed by atoms with Gasteiger partial charge in [-0.2, -0.15) is 5.10 Å². The molecule has 2 aromatic rings. The van der Waals surface area contributed by atoms with E-state index in [9.17, 15) is 0 Å². The highest BCUT2D eigenvalue weighted by Gasteiger charge is 2.04. The van der Waals surface area contributed by atoms with Crippen molar-refractivity contribution >= 4 is 31.9 Å². The van der Waals surface area contributed by atoms with Crippen LogP contribution in [-0.4, -0.2) is 14.9 Å². The Balaban J connectivity index is 2.45. The van der Waals surface area contributed by atoms with Gasteiger partial charge in [0.25, 0.3) is 0 Å². The van der Waals surface area contributed by atoms with E-state index in [0.29, 0.717) is 0 Å². The van der Waals surface area contributed by atoms with Crippen molar-refractivity contribution in [1.82, 2.24) is 9.78 Å². The second-order valence-electron chi connectivity index (χ2n) is 3.05. The molecule has 0 spiro atoms. The van der Waals surface area contributed by atoms with E-state index in [1.54, 1.807) is 10.9 Å². The summed E-state index contributed by atoms with van der Waals surface area (Å²) in [5.41, 5.74) is 1.81. The third-order valence-corrected chi connectivity index (χ3v) is 3.04. The van der Waals surface area contributed by atoms with E-state index in [4.69, 9.17) is 5.11 Å². The SMILES string of the molecule is OCc1ccc(-n2cc(Br)cn2)c(Br)c1. The van der Waals surface area contributed by atoms with Crippen molar-refractivity contribution in [3.63, 3.8) is 0 Å². The number of benzene rings is 1. The molecule has 3 nitrogen and oxygen atoms in total. The topological polar surface area (TPSA) is 38.0 Å². The van der Waals surface area contributed by atoms with E-state index in [0.717, 1.165) is 20.2 Å². The Labute approximate surface area is 104 Å². The van der Waals surface area contributed by atoms with Gasteiger partial charge in [0.05, 0.1) is 23.0 Å². The van der Waals surface area contributed by atoms with Crippen LogP contribution in [0, 0.1) is 0 Å². The first-order valence-electron chi connectivity index (χ1n) is 4.30. The van der Waals surface area contributed by atoms with Crippen molar-refractivity contribution < 1.29 is 5.11 Å². The molecule has 2 rings (SSSR count). The molecule has 15 heavy (non-hydrogen) atoms. The lowest BCUT2D eigenvalue weighted by atomic mass is 10.2. The maximum atomic E-state index is 8.98. The van der Waals surface area contributed by atoms with Crippen molar-refractivity contribution in [3.8, 4) is 5.69 Å². The van der Waals surface area contributed by atoms with Gasteiger partial charge >= 0.3 is 0 Å². The molecule has 0 aliphatic rings. The molecule has 0 aliphatic heterocycles. The molecule has 78 valence electrons. The Hall–Kier alpha value is -0.650. The molecule has 1 N–H and O–H groups in total. The smallest absolute Gasteiger partial charge is 0.0788 e. The molecule has 0 atom stereocenters. The van der Waals surface area contributed by atoms with Crippen molar-refractivity contribution in [2.45, 2.75) is 6.61 Å². The molecule has 1 heterocycles. The molecule has 0 saturated carbocycles. The second-order valence-corrected chi connectivity index (χ2v) is 4.82. The summed E-state index contributed by atoms with van der Waals surface area (Å²) in [5, 5.41) is 13.2. The molecule has 0 radical (unpaired) electrons. The van der Waals surface area contributed by atoms with Crippen LogP contribution in [0.5, 0.6) is 0 Å². The maximum absolute atomic E-state index is 8.98. The van der Waals surface area contributed by atoms with Crippen molar-refractivity contribution in [2.75, 3.05) is 0 Å². The average Bonchev–Trinajstić information content (AvgIpc) is 2.64. The van der Waals surface area contributed by atoms with Crippen LogP contribution >= 0.6 is 31.9 Å². The van der Waals surface area contributed by atoms with E-state index in [1.807, 2.05) is 24.4 Å². The van der Waals surface area contributed by atoms with Crippen LogP contribution < -0.4 is 0 Å². The lowest BCUT2D eigenvalue weighted by Crippen LogP contribution is -1.96. The summed E-state index contributed by atoms with van der Waals surface area (Å²) in [6.45, 7) is 0.0433. The Morgan fingerprint density at radius 1 is 1.33 bits per heavy atom. The van der Waals surface area contributed by atoms with Gasteiger partial charge in [0.2, 0.25) is 0 Å². The minimum Gasteiger partial charge on any atom is -0.392 e. The fraction of sp³-hybridized carbons (Fsp3) is 0.100. The van der Waals surface area contributed by atoms with Gasteiger partial charge in [0.1, 0.15) is 0 Å². The zero-order chi connectivity index (χ0) is 10.8. The average molecular weight is 332 g/mol. The van der Waals surface area contributed by atoms with Gasteiger partial charge in [-0.3, -0.25) is 0 Å². The second kappa shape index (κ2) is 4.47. The van der Waals surface area contributed by atoms with Crippen LogP contribution in [0.25, 0.3) is 5.69 Å². The van der Waals surface area contributed by atoms with Crippen LogP contribution in [-0.2, 0) is 6.61 Å². The molecule has 0 unspecified atom stereocenters. The van der Waals surface area contributed by atoms with E-state index in [-0.39, 0.29) is 6.61 Å². The predicted molar refractivity (Wildman–Crippen MR) is 64.9 cm³/mol. The molecular weight excluding hydrogens is 324 g/mol. The Kier molecular flexibility index (Phi) is 3.23. The van der Waals surface area contributed by atoms with Gasteiger partial charge in [-0.05, 0) is 49.6 Å². The zero-order valence-corrected chi connectivity index (χ0v) is 10.9. The van der Waals surface area contributed by atoms with Crippen LogP contribution in [0.3, 0.4) is 0 Å². The third-order valence-electron chi connectivity index (χ3n) is 1.99. The van der Waals surface area contributed by atoms with Crippen molar-refractivity contribution in [2.24, 2.45) is 0 Å². The van der Waals surface area contributed by atoms with Gasteiger partial charge in [-0.15, -0.1) is 0 Å². The summed E-state index contributed by atoms with van der Waals surface area (Å²) in [5.74, 6) is 0. The minimum atomic E-state index is 0.0433. The summed E-state index contributed by atoms with van der Waals surface area (Å²) in [7, 11) is 0. The van der Waals surface area contributed by atoms with Crippen molar-refractivity contribution in [3.05, 3.63) is 45.1 Å². The van der Waals surface area contributed by atoms with Crippen LogP contribution in [0.2, 0.25) is 0 Å². The van der Waals surface area contributed by atoms with Crippen LogP contribution in [0.15, 0.2) is 39.5 Å². The number of aliphatic hydroxyl groups excluding tert-OH is 1. The number of halogens is 2. The minimum absolute atomic E-state index is 0.0433. The highest BCUT2D eigenvalue weighted by Crippen LogP contribution is 2.23. The number of hydrogen-bond acceptors (Lipinski definition) is 2. The van der Waals surface area contributed by atoms with Crippen LogP contribution in [0.1, 0.15) is 5.56 Å². The Morgan fingerprint density at radius 3 is 2.67 bits per heavy atom. The molecule has 5 heteroatoms. The fourth-order valence-corrected chi connectivity index (χ4v) is 2.16. The number of hydrogen-bond donors (Lipinski definition) is 1. The fourth-order valence-electron chi connectivity index (χ4n) is 1.27. The monoisotopic (exact) mass is 330 g/mol. The van der Waals surface area contributed by atoms with Gasteiger partial charge < -0.3 is 5.11 Å². The standard InChI is InChI=1S/C10H8Br2N2O/c11-8-4-13-14(5-8)10-2-1-7(6-15)3-9(10)12/h1-5,15H,6H2. The van der Waals surface area contributed by atoms with Crippen molar-refractivity contribution in [1.29, 1.82) is 0 Å². The number of aliphatic hydroxyl groups is 1. The van der Waals surface area contributed by atoms with E-state index < -0.39 is 0 Å². The molecule has 0 fully saturated rings. The predicted octanol–water partition coefficient (Wildman–Crippen LogP) is 2.89. The highest BCUT2D eigenvalue weighted by molar-refractivity contribution is 9.10. The van der Waals surface area contributed by atoms with Gasteiger partial charge in [0.15, 0.2) is 0 Å². The van der Waals surface area contributed by atoms with E-state index in [2.05, 4.69) is 37.0 Å². The zero-order valence-electron chi connectivity index (χ0n) is 7.69. The molecule has 0 amide bonds. The van der Waals surface area contributed by atoms with Gasteiger partial charge in [-0.25, -0.2) is 4.68 Å². The first kappa shape index (κ1) is 10.9. The number of rotatable bonds is 2. The maximum Gasteiger partial charge on any atom is 0.0788 e. The van der Waals surface area contributed by atoms with E-state index in [1.165, 1.54) is 0 Å². The molecule has 1 aromatic heterocycles. The highest BCUT2D eigenvalue weighted by atomic mass is 79.9. The van der Waals surface area contributed by atoms with Gasteiger partial charge in [-0.1, -0.05) is 6.07 Å². The Bertz CT molecular complexity index is 482. The van der Waals surface area contributed by atoms with Gasteiger partial charge in [0, 0.05) is 10.7 Å². The normalized spacial score (nSPS) is 10.6.